The SMILES string of the molecule is Cc1ccc(-c2nc(CN)c3ccccn23)cc1N. The zero-order chi connectivity index (χ0) is 13.4. The van der Waals surface area contributed by atoms with E-state index in [-0.39, 0.29) is 0 Å². The maximum atomic E-state index is 5.98. The van der Waals surface area contributed by atoms with Crippen LogP contribution in [0.3, 0.4) is 0 Å². The van der Waals surface area contributed by atoms with Gasteiger partial charge in [0.05, 0.1) is 11.2 Å². The van der Waals surface area contributed by atoms with Crippen molar-refractivity contribution in [3.05, 3.63) is 53.9 Å². The summed E-state index contributed by atoms with van der Waals surface area (Å²) in [7, 11) is 0. The molecule has 19 heavy (non-hydrogen) atoms. The highest BCUT2D eigenvalue weighted by Gasteiger charge is 2.11. The molecule has 0 fully saturated rings. The summed E-state index contributed by atoms with van der Waals surface area (Å²) in [4.78, 5) is 4.63. The minimum absolute atomic E-state index is 0.425. The number of aromatic nitrogens is 2. The molecule has 0 bridgehead atoms. The lowest BCUT2D eigenvalue weighted by Gasteiger charge is -2.04. The van der Waals surface area contributed by atoms with Crippen LogP contribution in [0.4, 0.5) is 5.69 Å². The molecule has 0 radical (unpaired) electrons. The molecule has 0 spiro atoms. The Balaban J connectivity index is 2.27. The average Bonchev–Trinajstić information content (AvgIpc) is 2.81. The van der Waals surface area contributed by atoms with Crippen molar-refractivity contribution in [1.82, 2.24) is 9.38 Å². The van der Waals surface area contributed by atoms with Gasteiger partial charge in [-0.25, -0.2) is 4.98 Å². The fraction of sp³-hybridized carbons (Fsp3) is 0.133. The lowest BCUT2D eigenvalue weighted by Crippen LogP contribution is -1.96. The molecular weight excluding hydrogens is 236 g/mol. The zero-order valence-corrected chi connectivity index (χ0v) is 10.8. The van der Waals surface area contributed by atoms with Crippen molar-refractivity contribution in [2.45, 2.75) is 13.5 Å². The van der Waals surface area contributed by atoms with Crippen LogP contribution in [0.15, 0.2) is 42.6 Å². The van der Waals surface area contributed by atoms with Gasteiger partial charge in [0.2, 0.25) is 0 Å². The number of nitrogens with zero attached hydrogens (tertiary/aromatic N) is 2. The van der Waals surface area contributed by atoms with Gasteiger partial charge >= 0.3 is 0 Å². The second-order valence-electron chi connectivity index (χ2n) is 4.61. The number of nitrogen functional groups attached to an aromatic ring is 1. The van der Waals surface area contributed by atoms with Gasteiger partial charge in [-0.15, -0.1) is 0 Å². The van der Waals surface area contributed by atoms with Crippen LogP contribution in [0.2, 0.25) is 0 Å². The van der Waals surface area contributed by atoms with Crippen molar-refractivity contribution in [3.8, 4) is 11.4 Å². The highest BCUT2D eigenvalue weighted by molar-refractivity contribution is 5.69. The normalized spacial score (nSPS) is 11.1. The average molecular weight is 252 g/mol. The molecule has 3 aromatic rings. The molecule has 0 aliphatic carbocycles. The summed E-state index contributed by atoms with van der Waals surface area (Å²) >= 11 is 0. The van der Waals surface area contributed by atoms with E-state index in [2.05, 4.69) is 4.98 Å². The molecule has 4 heteroatoms. The number of aryl methyl sites for hydroxylation is 1. The summed E-state index contributed by atoms with van der Waals surface area (Å²) in [6.45, 7) is 2.42. The topological polar surface area (TPSA) is 69.3 Å². The summed E-state index contributed by atoms with van der Waals surface area (Å²) in [5.41, 5.74) is 16.5. The Morgan fingerprint density at radius 1 is 1.21 bits per heavy atom. The Kier molecular flexibility index (Phi) is 2.72. The van der Waals surface area contributed by atoms with Gasteiger partial charge in [0.1, 0.15) is 5.82 Å². The number of nitrogens with two attached hydrogens (primary N) is 2. The summed E-state index contributed by atoms with van der Waals surface area (Å²) in [6, 6.07) is 12.0. The van der Waals surface area contributed by atoms with Crippen molar-refractivity contribution in [1.29, 1.82) is 0 Å². The summed E-state index contributed by atoms with van der Waals surface area (Å²) in [5.74, 6) is 0.878. The van der Waals surface area contributed by atoms with E-state index < -0.39 is 0 Å². The fourth-order valence-electron chi connectivity index (χ4n) is 2.24. The van der Waals surface area contributed by atoms with Gasteiger partial charge in [-0.05, 0) is 30.7 Å². The monoisotopic (exact) mass is 252 g/mol. The van der Waals surface area contributed by atoms with E-state index in [4.69, 9.17) is 11.5 Å². The van der Waals surface area contributed by atoms with Gasteiger partial charge in [-0.2, -0.15) is 0 Å². The van der Waals surface area contributed by atoms with E-state index in [1.165, 1.54) is 0 Å². The molecule has 3 rings (SSSR count). The number of fused-ring (bicyclic) bond motifs is 1. The number of rotatable bonds is 2. The molecule has 0 aliphatic heterocycles. The lowest BCUT2D eigenvalue weighted by molar-refractivity contribution is 1.02. The standard InChI is InChI=1S/C15H16N4/c1-10-5-6-11(8-12(10)17)15-18-13(9-16)14-4-2-3-7-19(14)15/h2-8H,9,16-17H2,1H3. The smallest absolute Gasteiger partial charge is 0.144 e. The molecule has 96 valence electrons. The van der Waals surface area contributed by atoms with Crippen LogP contribution in [0.25, 0.3) is 16.9 Å². The zero-order valence-electron chi connectivity index (χ0n) is 10.8. The van der Waals surface area contributed by atoms with Gasteiger partial charge in [-0.3, -0.25) is 4.40 Å². The highest BCUT2D eigenvalue weighted by Crippen LogP contribution is 2.25. The minimum atomic E-state index is 0.425. The van der Waals surface area contributed by atoms with Crippen molar-refractivity contribution < 1.29 is 0 Å². The second kappa shape index (κ2) is 4.40. The summed E-state index contributed by atoms with van der Waals surface area (Å²) in [6.07, 6.45) is 1.99. The Morgan fingerprint density at radius 3 is 2.79 bits per heavy atom. The lowest BCUT2D eigenvalue weighted by atomic mass is 10.1. The Hall–Kier alpha value is -2.33. The van der Waals surface area contributed by atoms with E-state index in [0.29, 0.717) is 6.54 Å². The molecule has 0 atom stereocenters. The number of benzene rings is 1. The largest absolute Gasteiger partial charge is 0.398 e. The fourth-order valence-corrected chi connectivity index (χ4v) is 2.24. The van der Waals surface area contributed by atoms with Crippen LogP contribution >= 0.6 is 0 Å². The van der Waals surface area contributed by atoms with Gasteiger partial charge < -0.3 is 11.5 Å². The van der Waals surface area contributed by atoms with Crippen molar-refractivity contribution in [2.75, 3.05) is 5.73 Å². The number of pyridine rings is 1. The maximum Gasteiger partial charge on any atom is 0.144 e. The van der Waals surface area contributed by atoms with Gasteiger partial charge in [0.15, 0.2) is 0 Å². The summed E-state index contributed by atoms with van der Waals surface area (Å²) < 4.78 is 2.05. The van der Waals surface area contributed by atoms with Crippen LogP contribution in [0.5, 0.6) is 0 Å². The molecular formula is C15H16N4. The minimum Gasteiger partial charge on any atom is -0.398 e. The van der Waals surface area contributed by atoms with E-state index in [1.54, 1.807) is 0 Å². The van der Waals surface area contributed by atoms with E-state index in [0.717, 1.165) is 33.8 Å². The van der Waals surface area contributed by atoms with Crippen molar-refractivity contribution >= 4 is 11.2 Å². The maximum absolute atomic E-state index is 5.98. The third kappa shape index (κ3) is 1.86. The first-order valence-corrected chi connectivity index (χ1v) is 6.23. The third-order valence-electron chi connectivity index (χ3n) is 3.36. The predicted molar refractivity (Wildman–Crippen MR) is 77.7 cm³/mol. The molecule has 0 amide bonds. The molecule has 0 aliphatic rings. The number of anilines is 1. The Bertz CT molecular complexity index is 743. The van der Waals surface area contributed by atoms with Crippen molar-refractivity contribution in [3.63, 3.8) is 0 Å². The molecule has 0 saturated carbocycles. The van der Waals surface area contributed by atoms with Crippen molar-refractivity contribution in [2.24, 2.45) is 5.73 Å². The predicted octanol–water partition coefficient (Wildman–Crippen LogP) is 2.35. The molecule has 4 N–H and O–H groups in total. The van der Waals surface area contributed by atoms with Crippen LogP contribution in [0.1, 0.15) is 11.3 Å². The van der Waals surface area contributed by atoms with Crippen LogP contribution in [-0.2, 0) is 6.54 Å². The first kappa shape index (κ1) is 11.7. The van der Waals surface area contributed by atoms with Crippen LogP contribution in [-0.4, -0.2) is 9.38 Å². The van der Waals surface area contributed by atoms with E-state index in [9.17, 15) is 0 Å². The van der Waals surface area contributed by atoms with E-state index in [1.807, 2.05) is 53.9 Å². The first-order chi connectivity index (χ1) is 9.20. The molecule has 0 saturated heterocycles. The van der Waals surface area contributed by atoms with Crippen LogP contribution < -0.4 is 11.5 Å². The Morgan fingerprint density at radius 2 is 2.05 bits per heavy atom. The van der Waals surface area contributed by atoms with Crippen LogP contribution in [0, 0.1) is 6.92 Å². The molecule has 4 nitrogen and oxygen atoms in total. The molecule has 2 heterocycles. The molecule has 1 aromatic carbocycles. The number of hydrogen-bond acceptors (Lipinski definition) is 3. The molecule has 2 aromatic heterocycles. The Labute approximate surface area is 111 Å². The highest BCUT2D eigenvalue weighted by atomic mass is 15.0. The van der Waals surface area contributed by atoms with Gasteiger partial charge in [0, 0.05) is 24.0 Å². The second-order valence-corrected chi connectivity index (χ2v) is 4.61. The number of hydrogen-bond donors (Lipinski definition) is 2. The summed E-state index contributed by atoms with van der Waals surface area (Å²) in [5, 5.41) is 0. The van der Waals surface area contributed by atoms with E-state index >= 15 is 0 Å². The van der Waals surface area contributed by atoms with Gasteiger partial charge in [-0.1, -0.05) is 18.2 Å². The first-order valence-electron chi connectivity index (χ1n) is 6.23. The number of imidazole rings is 1. The molecule has 0 unspecified atom stereocenters. The quantitative estimate of drug-likeness (QED) is 0.688. The third-order valence-corrected chi connectivity index (χ3v) is 3.36. The van der Waals surface area contributed by atoms with Gasteiger partial charge in [0.25, 0.3) is 0 Å².